The van der Waals surface area contributed by atoms with Crippen LogP contribution >= 0.6 is 0 Å². The number of benzene rings is 1. The van der Waals surface area contributed by atoms with Crippen LogP contribution in [-0.2, 0) is 4.74 Å². The highest BCUT2D eigenvalue weighted by Crippen LogP contribution is 2.25. The fraction of sp³-hybridized carbons (Fsp3) is 0.571. The normalized spacial score (nSPS) is 26.1. The first-order chi connectivity index (χ1) is 8.11. The second-order valence-electron chi connectivity index (χ2n) is 5.03. The maximum atomic E-state index is 13.6. The summed E-state index contributed by atoms with van der Waals surface area (Å²) in [5, 5.41) is 3.36. The van der Waals surface area contributed by atoms with Gasteiger partial charge in [0.15, 0.2) is 0 Å². The molecule has 2 atom stereocenters. The Morgan fingerprint density at radius 1 is 1.47 bits per heavy atom. The molecule has 2 rings (SSSR count). The lowest BCUT2D eigenvalue weighted by molar-refractivity contribution is 0.0190. The third kappa shape index (κ3) is 3.05. The second kappa shape index (κ2) is 5.15. The van der Waals surface area contributed by atoms with Gasteiger partial charge >= 0.3 is 0 Å². The highest BCUT2D eigenvalue weighted by molar-refractivity contribution is 5.20. The van der Waals surface area contributed by atoms with E-state index in [0.29, 0.717) is 5.56 Å². The lowest BCUT2D eigenvalue weighted by atomic mass is 10.0. The Balaban J connectivity index is 1.93. The molecular weight excluding hydrogens is 217 g/mol. The number of hydrogen-bond donors (Lipinski definition) is 1. The summed E-state index contributed by atoms with van der Waals surface area (Å²) < 4.78 is 19.3. The average molecular weight is 237 g/mol. The van der Waals surface area contributed by atoms with E-state index in [4.69, 9.17) is 4.74 Å². The SMILES string of the molecule is CC(NCC1(C)CCCO1)c1ccccc1F. The molecule has 1 aromatic rings. The molecule has 1 fully saturated rings. The fourth-order valence-corrected chi connectivity index (χ4v) is 2.28. The summed E-state index contributed by atoms with van der Waals surface area (Å²) in [6, 6.07) is 6.92. The van der Waals surface area contributed by atoms with Gasteiger partial charge in [-0.3, -0.25) is 0 Å². The molecule has 1 saturated heterocycles. The predicted molar refractivity (Wildman–Crippen MR) is 66.4 cm³/mol. The molecule has 0 spiro atoms. The summed E-state index contributed by atoms with van der Waals surface area (Å²) in [4.78, 5) is 0. The first kappa shape index (κ1) is 12.5. The van der Waals surface area contributed by atoms with Crippen molar-refractivity contribution in [2.24, 2.45) is 0 Å². The third-order valence-corrected chi connectivity index (χ3v) is 3.45. The van der Waals surface area contributed by atoms with Crippen LogP contribution in [0.2, 0.25) is 0 Å². The van der Waals surface area contributed by atoms with Crippen molar-refractivity contribution in [2.75, 3.05) is 13.2 Å². The van der Waals surface area contributed by atoms with Gasteiger partial charge in [0.1, 0.15) is 5.82 Å². The van der Waals surface area contributed by atoms with E-state index in [0.717, 1.165) is 26.0 Å². The summed E-state index contributed by atoms with van der Waals surface area (Å²) in [6.07, 6.45) is 2.19. The summed E-state index contributed by atoms with van der Waals surface area (Å²) in [6.45, 7) is 5.70. The Bertz CT molecular complexity index is 374. The topological polar surface area (TPSA) is 21.3 Å². The van der Waals surface area contributed by atoms with Gasteiger partial charge in [0.05, 0.1) is 5.60 Å². The van der Waals surface area contributed by atoms with Crippen molar-refractivity contribution in [2.45, 2.75) is 38.3 Å². The Hall–Kier alpha value is -0.930. The summed E-state index contributed by atoms with van der Waals surface area (Å²) >= 11 is 0. The van der Waals surface area contributed by atoms with E-state index in [1.807, 2.05) is 19.1 Å². The van der Waals surface area contributed by atoms with Gasteiger partial charge in [0.25, 0.3) is 0 Å². The highest BCUT2D eigenvalue weighted by atomic mass is 19.1. The zero-order valence-corrected chi connectivity index (χ0v) is 10.5. The fourth-order valence-electron chi connectivity index (χ4n) is 2.28. The van der Waals surface area contributed by atoms with Crippen molar-refractivity contribution in [3.8, 4) is 0 Å². The average Bonchev–Trinajstić information content (AvgIpc) is 2.74. The van der Waals surface area contributed by atoms with Crippen molar-refractivity contribution in [1.82, 2.24) is 5.32 Å². The minimum absolute atomic E-state index is 0.0113. The number of hydrogen-bond acceptors (Lipinski definition) is 2. The van der Waals surface area contributed by atoms with E-state index < -0.39 is 0 Å². The molecule has 1 heterocycles. The molecule has 94 valence electrons. The van der Waals surface area contributed by atoms with Gasteiger partial charge in [-0.25, -0.2) is 4.39 Å². The Kier molecular flexibility index (Phi) is 3.79. The highest BCUT2D eigenvalue weighted by Gasteiger charge is 2.29. The van der Waals surface area contributed by atoms with E-state index in [1.165, 1.54) is 6.07 Å². The maximum Gasteiger partial charge on any atom is 0.127 e. The molecule has 0 saturated carbocycles. The molecular formula is C14H20FNO. The van der Waals surface area contributed by atoms with Crippen LogP contribution in [0.25, 0.3) is 0 Å². The molecule has 2 unspecified atom stereocenters. The van der Waals surface area contributed by atoms with Crippen molar-refractivity contribution >= 4 is 0 Å². The summed E-state index contributed by atoms with van der Waals surface area (Å²) in [7, 11) is 0. The van der Waals surface area contributed by atoms with Crippen LogP contribution in [0.15, 0.2) is 24.3 Å². The maximum absolute atomic E-state index is 13.6. The smallest absolute Gasteiger partial charge is 0.127 e. The van der Waals surface area contributed by atoms with Crippen LogP contribution in [0.5, 0.6) is 0 Å². The minimum Gasteiger partial charge on any atom is -0.374 e. The van der Waals surface area contributed by atoms with E-state index in [9.17, 15) is 4.39 Å². The molecule has 1 N–H and O–H groups in total. The zero-order chi connectivity index (χ0) is 12.3. The van der Waals surface area contributed by atoms with Gasteiger partial charge in [0, 0.05) is 24.8 Å². The summed E-state index contributed by atoms with van der Waals surface area (Å²) in [5.74, 6) is -0.148. The molecule has 1 aliphatic rings. The molecule has 0 radical (unpaired) electrons. The van der Waals surface area contributed by atoms with Crippen LogP contribution in [0.3, 0.4) is 0 Å². The largest absolute Gasteiger partial charge is 0.374 e. The van der Waals surface area contributed by atoms with Crippen LogP contribution in [0.4, 0.5) is 4.39 Å². The Morgan fingerprint density at radius 2 is 2.24 bits per heavy atom. The van der Waals surface area contributed by atoms with Crippen LogP contribution in [0, 0.1) is 5.82 Å². The van der Waals surface area contributed by atoms with E-state index >= 15 is 0 Å². The van der Waals surface area contributed by atoms with E-state index in [-0.39, 0.29) is 17.5 Å². The molecule has 1 aromatic carbocycles. The van der Waals surface area contributed by atoms with Crippen molar-refractivity contribution in [3.63, 3.8) is 0 Å². The zero-order valence-electron chi connectivity index (χ0n) is 10.5. The first-order valence-electron chi connectivity index (χ1n) is 6.22. The molecule has 0 amide bonds. The van der Waals surface area contributed by atoms with Crippen molar-refractivity contribution in [3.05, 3.63) is 35.6 Å². The predicted octanol–water partition coefficient (Wildman–Crippen LogP) is 3.05. The number of nitrogens with one attached hydrogen (secondary N) is 1. The van der Waals surface area contributed by atoms with Gasteiger partial charge in [-0.15, -0.1) is 0 Å². The Morgan fingerprint density at radius 3 is 2.88 bits per heavy atom. The van der Waals surface area contributed by atoms with Crippen molar-refractivity contribution < 1.29 is 9.13 Å². The van der Waals surface area contributed by atoms with E-state index in [1.54, 1.807) is 6.07 Å². The van der Waals surface area contributed by atoms with Gasteiger partial charge in [-0.05, 0) is 32.8 Å². The molecule has 17 heavy (non-hydrogen) atoms. The molecule has 1 aliphatic heterocycles. The van der Waals surface area contributed by atoms with Gasteiger partial charge < -0.3 is 10.1 Å². The number of rotatable bonds is 4. The lowest BCUT2D eigenvalue weighted by Gasteiger charge is -2.26. The summed E-state index contributed by atoms with van der Waals surface area (Å²) in [5.41, 5.74) is 0.633. The minimum atomic E-state index is -0.148. The third-order valence-electron chi connectivity index (χ3n) is 3.45. The standard InChI is InChI=1S/C14H20FNO/c1-11(12-6-3-4-7-13(12)15)16-10-14(2)8-5-9-17-14/h3-4,6-7,11,16H,5,8-10H2,1-2H3. The first-order valence-corrected chi connectivity index (χ1v) is 6.22. The molecule has 2 nitrogen and oxygen atoms in total. The van der Waals surface area contributed by atoms with Crippen molar-refractivity contribution in [1.29, 1.82) is 0 Å². The second-order valence-corrected chi connectivity index (χ2v) is 5.03. The van der Waals surface area contributed by atoms with Crippen LogP contribution in [0.1, 0.15) is 38.3 Å². The van der Waals surface area contributed by atoms with Gasteiger partial charge in [0.2, 0.25) is 0 Å². The van der Waals surface area contributed by atoms with E-state index in [2.05, 4.69) is 12.2 Å². The molecule has 3 heteroatoms. The number of ether oxygens (including phenoxy) is 1. The Labute approximate surface area is 102 Å². The van der Waals surface area contributed by atoms with Gasteiger partial charge in [-0.1, -0.05) is 18.2 Å². The quantitative estimate of drug-likeness (QED) is 0.869. The lowest BCUT2D eigenvalue weighted by Crippen LogP contribution is -2.38. The van der Waals surface area contributed by atoms with Gasteiger partial charge in [-0.2, -0.15) is 0 Å². The van der Waals surface area contributed by atoms with Crippen LogP contribution in [-0.4, -0.2) is 18.8 Å². The monoisotopic (exact) mass is 237 g/mol. The van der Waals surface area contributed by atoms with Crippen LogP contribution < -0.4 is 5.32 Å². The molecule has 0 aliphatic carbocycles. The number of halogens is 1. The molecule has 0 bridgehead atoms. The molecule has 0 aromatic heterocycles.